The van der Waals surface area contributed by atoms with Gasteiger partial charge in [-0.2, -0.15) is 10.2 Å². The van der Waals surface area contributed by atoms with Crippen LogP contribution in [0.1, 0.15) is 11.3 Å². The van der Waals surface area contributed by atoms with Gasteiger partial charge in [-0.25, -0.2) is 0 Å². The van der Waals surface area contributed by atoms with Crippen molar-refractivity contribution in [3.8, 4) is 17.5 Å². The summed E-state index contributed by atoms with van der Waals surface area (Å²) in [5.41, 5.74) is 2.52. The largest absolute Gasteiger partial charge is 0.419 e. The molecule has 3 aromatic rings. The minimum Gasteiger partial charge on any atom is -0.419 e. The molecule has 1 N–H and O–H groups in total. The molecular formula is C17H12N4O3. The Kier molecular flexibility index (Phi) is 3.95. The fraction of sp³-hybridized carbons (Fsp3) is 0.0588. The van der Waals surface area contributed by atoms with Gasteiger partial charge in [-0.1, -0.05) is 17.7 Å². The molecule has 3 rings (SSSR count). The topological polar surface area (TPSA) is 105 Å². The third-order valence-electron chi connectivity index (χ3n) is 3.37. The molecule has 0 saturated heterocycles. The van der Waals surface area contributed by atoms with Crippen LogP contribution in [0.2, 0.25) is 0 Å². The van der Waals surface area contributed by atoms with Crippen LogP contribution in [0.3, 0.4) is 0 Å². The molecular weight excluding hydrogens is 308 g/mol. The van der Waals surface area contributed by atoms with E-state index in [1.807, 2.05) is 37.3 Å². The van der Waals surface area contributed by atoms with Crippen molar-refractivity contribution in [2.24, 2.45) is 0 Å². The Morgan fingerprint density at radius 3 is 2.42 bits per heavy atom. The van der Waals surface area contributed by atoms with Gasteiger partial charge in [-0.05, 0) is 31.2 Å². The zero-order valence-electron chi connectivity index (χ0n) is 12.7. The van der Waals surface area contributed by atoms with E-state index in [4.69, 9.17) is 4.42 Å². The average Bonchev–Trinajstić information content (AvgIpc) is 3.00. The second-order valence-electron chi connectivity index (χ2n) is 5.10. The number of benzene rings is 2. The molecule has 24 heavy (non-hydrogen) atoms. The van der Waals surface area contributed by atoms with Crippen LogP contribution in [-0.4, -0.2) is 9.91 Å². The van der Waals surface area contributed by atoms with Crippen LogP contribution in [0.5, 0.6) is 0 Å². The summed E-state index contributed by atoms with van der Waals surface area (Å²) in [7, 11) is 0. The summed E-state index contributed by atoms with van der Waals surface area (Å²) in [6.45, 7) is 1.98. The van der Waals surface area contributed by atoms with Crippen molar-refractivity contribution < 1.29 is 9.34 Å². The summed E-state index contributed by atoms with van der Waals surface area (Å²) in [6.07, 6.45) is 0. The Balaban J connectivity index is 1.91. The number of nitro benzene ring substituents is 1. The maximum atomic E-state index is 10.7. The first-order valence-electron chi connectivity index (χ1n) is 7.06. The summed E-state index contributed by atoms with van der Waals surface area (Å²) in [4.78, 5) is 14.3. The molecule has 0 aliphatic rings. The fourth-order valence-corrected chi connectivity index (χ4v) is 2.10. The van der Waals surface area contributed by atoms with Gasteiger partial charge in [0.25, 0.3) is 5.69 Å². The van der Waals surface area contributed by atoms with Crippen LogP contribution in [0.4, 0.5) is 17.3 Å². The van der Waals surface area contributed by atoms with Gasteiger partial charge in [-0.3, -0.25) is 10.1 Å². The van der Waals surface area contributed by atoms with Gasteiger partial charge >= 0.3 is 0 Å². The first kappa shape index (κ1) is 15.2. The standard InChI is InChI=1S/C17H12N4O3/c1-11-2-6-13(7-3-11)19-17-15(10-18)20-16(24-17)12-4-8-14(9-5-12)21(22)23/h2-9,19H,1H3. The lowest BCUT2D eigenvalue weighted by Crippen LogP contribution is -1.90. The number of hydrogen-bond donors (Lipinski definition) is 1. The zero-order valence-corrected chi connectivity index (χ0v) is 12.7. The quantitative estimate of drug-likeness (QED) is 0.571. The van der Waals surface area contributed by atoms with Crippen molar-refractivity contribution >= 4 is 17.3 Å². The second-order valence-corrected chi connectivity index (χ2v) is 5.10. The molecule has 0 saturated carbocycles. The number of aromatic nitrogens is 1. The number of nitrogens with one attached hydrogen (secondary N) is 1. The highest BCUT2D eigenvalue weighted by molar-refractivity contribution is 5.64. The van der Waals surface area contributed by atoms with Gasteiger partial charge in [0.05, 0.1) is 4.92 Å². The summed E-state index contributed by atoms with van der Waals surface area (Å²) in [5, 5.41) is 22.9. The first-order chi connectivity index (χ1) is 11.6. The number of anilines is 2. The highest BCUT2D eigenvalue weighted by Crippen LogP contribution is 2.28. The molecule has 7 heteroatoms. The highest BCUT2D eigenvalue weighted by atomic mass is 16.6. The van der Waals surface area contributed by atoms with Gasteiger partial charge in [0.1, 0.15) is 6.07 Å². The Bertz CT molecular complexity index is 922. The summed E-state index contributed by atoms with van der Waals surface area (Å²) in [5.74, 6) is 0.450. The molecule has 0 radical (unpaired) electrons. The van der Waals surface area contributed by atoms with Gasteiger partial charge in [0.2, 0.25) is 17.5 Å². The Labute approximate surface area is 137 Å². The number of hydrogen-bond acceptors (Lipinski definition) is 6. The SMILES string of the molecule is Cc1ccc(Nc2oc(-c3ccc([N+](=O)[O-])cc3)nc2C#N)cc1. The van der Waals surface area contributed by atoms with Crippen LogP contribution in [0.25, 0.3) is 11.5 Å². The number of non-ortho nitro benzene ring substituents is 1. The van der Waals surface area contributed by atoms with Crippen LogP contribution < -0.4 is 5.32 Å². The van der Waals surface area contributed by atoms with Gasteiger partial charge in [-0.15, -0.1) is 0 Å². The molecule has 0 amide bonds. The first-order valence-corrected chi connectivity index (χ1v) is 7.06. The van der Waals surface area contributed by atoms with Crippen molar-refractivity contribution in [2.75, 3.05) is 5.32 Å². The van der Waals surface area contributed by atoms with E-state index < -0.39 is 4.92 Å². The lowest BCUT2D eigenvalue weighted by molar-refractivity contribution is -0.384. The molecule has 0 atom stereocenters. The molecule has 1 heterocycles. The molecule has 2 aromatic carbocycles. The van der Waals surface area contributed by atoms with Crippen molar-refractivity contribution in [2.45, 2.75) is 6.92 Å². The van der Waals surface area contributed by atoms with Crippen LogP contribution in [-0.2, 0) is 0 Å². The van der Waals surface area contributed by atoms with E-state index in [-0.39, 0.29) is 23.2 Å². The van der Waals surface area contributed by atoms with E-state index in [1.54, 1.807) is 0 Å². The van der Waals surface area contributed by atoms with E-state index >= 15 is 0 Å². The molecule has 118 valence electrons. The maximum Gasteiger partial charge on any atom is 0.269 e. The smallest absolute Gasteiger partial charge is 0.269 e. The number of aryl methyl sites for hydroxylation is 1. The number of nitriles is 1. The van der Waals surface area contributed by atoms with Crippen molar-refractivity contribution in [3.63, 3.8) is 0 Å². The normalized spacial score (nSPS) is 10.2. The summed E-state index contributed by atoms with van der Waals surface area (Å²) < 4.78 is 5.61. The lowest BCUT2D eigenvalue weighted by Gasteiger charge is -2.02. The van der Waals surface area contributed by atoms with E-state index in [1.165, 1.54) is 24.3 Å². The third kappa shape index (κ3) is 3.08. The Morgan fingerprint density at radius 2 is 1.83 bits per heavy atom. The van der Waals surface area contributed by atoms with Crippen molar-refractivity contribution in [1.82, 2.24) is 4.98 Å². The number of nitro groups is 1. The maximum absolute atomic E-state index is 10.7. The van der Waals surface area contributed by atoms with E-state index in [0.29, 0.717) is 5.56 Å². The molecule has 0 spiro atoms. The molecule has 0 aliphatic carbocycles. The molecule has 0 fully saturated rings. The van der Waals surface area contributed by atoms with E-state index in [2.05, 4.69) is 10.3 Å². The van der Waals surface area contributed by atoms with Crippen LogP contribution in [0, 0.1) is 28.4 Å². The van der Waals surface area contributed by atoms with E-state index in [9.17, 15) is 15.4 Å². The lowest BCUT2D eigenvalue weighted by atomic mass is 10.2. The molecule has 1 aromatic heterocycles. The Morgan fingerprint density at radius 1 is 1.17 bits per heavy atom. The fourth-order valence-electron chi connectivity index (χ4n) is 2.10. The number of nitrogens with zero attached hydrogens (tertiary/aromatic N) is 3. The van der Waals surface area contributed by atoms with E-state index in [0.717, 1.165) is 11.3 Å². The minimum absolute atomic E-state index is 0.0242. The minimum atomic E-state index is -0.482. The van der Waals surface area contributed by atoms with Gasteiger partial charge < -0.3 is 9.73 Å². The van der Waals surface area contributed by atoms with Crippen molar-refractivity contribution in [3.05, 3.63) is 69.9 Å². The molecule has 0 aliphatic heterocycles. The van der Waals surface area contributed by atoms with Crippen molar-refractivity contribution in [1.29, 1.82) is 5.26 Å². The monoisotopic (exact) mass is 320 g/mol. The highest BCUT2D eigenvalue weighted by Gasteiger charge is 2.15. The number of oxazole rings is 1. The Hall–Kier alpha value is -3.66. The molecule has 0 unspecified atom stereocenters. The van der Waals surface area contributed by atoms with Gasteiger partial charge in [0.15, 0.2) is 0 Å². The summed E-state index contributed by atoms with van der Waals surface area (Å²) >= 11 is 0. The second kappa shape index (κ2) is 6.22. The molecule has 0 bridgehead atoms. The average molecular weight is 320 g/mol. The number of rotatable bonds is 4. The van der Waals surface area contributed by atoms with Crippen LogP contribution in [0.15, 0.2) is 52.9 Å². The predicted octanol–water partition coefficient (Wildman–Crippen LogP) is 4.17. The van der Waals surface area contributed by atoms with Gasteiger partial charge in [0, 0.05) is 23.4 Å². The zero-order chi connectivity index (χ0) is 17.1. The predicted molar refractivity (Wildman–Crippen MR) is 87.8 cm³/mol. The van der Waals surface area contributed by atoms with Crippen LogP contribution >= 0.6 is 0 Å². The summed E-state index contributed by atoms with van der Waals surface area (Å²) in [6, 6.07) is 15.3. The molecule has 7 nitrogen and oxygen atoms in total. The third-order valence-corrected chi connectivity index (χ3v) is 3.37.